The molecule has 1 fully saturated rings. The van der Waals surface area contributed by atoms with Crippen molar-refractivity contribution in [2.75, 3.05) is 6.61 Å². The summed E-state index contributed by atoms with van der Waals surface area (Å²) in [5.41, 5.74) is 4.47. The molecule has 5 rings (SSSR count). The normalized spacial score (nSPS) is 19.8. The van der Waals surface area contributed by atoms with Crippen LogP contribution in [0.1, 0.15) is 43.0 Å². The Bertz CT molecular complexity index is 1190. The molecular weight excluding hydrogens is 386 g/mol. The highest BCUT2D eigenvalue weighted by molar-refractivity contribution is 6.35. The van der Waals surface area contributed by atoms with E-state index in [1.807, 2.05) is 31.3 Å². The van der Waals surface area contributed by atoms with Crippen LogP contribution in [0.25, 0.3) is 21.9 Å². The quantitative estimate of drug-likeness (QED) is 0.462. The summed E-state index contributed by atoms with van der Waals surface area (Å²) >= 11 is 6.57. The zero-order valence-electron chi connectivity index (χ0n) is 16.5. The third kappa shape index (κ3) is 3.36. The summed E-state index contributed by atoms with van der Waals surface area (Å²) in [6.07, 6.45) is 6.30. The van der Waals surface area contributed by atoms with Gasteiger partial charge in [0.05, 0.1) is 28.5 Å². The van der Waals surface area contributed by atoms with Crippen LogP contribution in [0.5, 0.6) is 0 Å². The molecule has 2 atom stereocenters. The van der Waals surface area contributed by atoms with Gasteiger partial charge in [-0.3, -0.25) is 9.97 Å². The van der Waals surface area contributed by atoms with Gasteiger partial charge in [-0.25, -0.2) is 9.97 Å². The maximum absolute atomic E-state index is 6.57. The van der Waals surface area contributed by atoms with Crippen molar-refractivity contribution in [3.63, 3.8) is 0 Å². The van der Waals surface area contributed by atoms with E-state index < -0.39 is 0 Å². The minimum absolute atomic E-state index is 0.210. The topological polar surface area (TPSA) is 65.7 Å². The monoisotopic (exact) mass is 407 g/mol. The molecule has 1 aliphatic rings. The van der Waals surface area contributed by atoms with E-state index in [0.29, 0.717) is 17.6 Å². The number of benzene rings is 1. The molecule has 148 valence electrons. The number of ether oxygens (including phenoxy) is 1. The fourth-order valence-electron chi connectivity index (χ4n) is 4.21. The van der Waals surface area contributed by atoms with E-state index >= 15 is 0 Å². The van der Waals surface area contributed by atoms with E-state index in [2.05, 4.69) is 32.5 Å². The Kier molecular flexibility index (Phi) is 4.68. The maximum Gasteiger partial charge on any atom is 0.157 e. The first-order valence-electron chi connectivity index (χ1n) is 9.94. The van der Waals surface area contributed by atoms with Crippen molar-refractivity contribution in [1.82, 2.24) is 24.5 Å². The number of pyridine rings is 1. The third-order valence-corrected chi connectivity index (χ3v) is 5.82. The molecule has 0 amide bonds. The van der Waals surface area contributed by atoms with Gasteiger partial charge in [0.1, 0.15) is 11.3 Å². The fraction of sp³-hybridized carbons (Fsp3) is 0.364. The lowest BCUT2D eigenvalue weighted by molar-refractivity contribution is 0.00631. The van der Waals surface area contributed by atoms with Gasteiger partial charge in [0.15, 0.2) is 5.15 Å². The number of hydrogen-bond donors (Lipinski definition) is 0. The second-order valence-electron chi connectivity index (χ2n) is 7.70. The fourth-order valence-corrected chi connectivity index (χ4v) is 4.43. The lowest BCUT2D eigenvalue weighted by Gasteiger charge is -2.30. The molecule has 1 aromatic carbocycles. The van der Waals surface area contributed by atoms with E-state index in [1.54, 1.807) is 6.20 Å². The zero-order chi connectivity index (χ0) is 20.0. The van der Waals surface area contributed by atoms with E-state index in [9.17, 15) is 0 Å². The predicted molar refractivity (Wildman–Crippen MR) is 113 cm³/mol. The van der Waals surface area contributed by atoms with Crippen LogP contribution >= 0.6 is 11.6 Å². The molecule has 4 aromatic rings. The number of para-hydroxylation sites is 1. The van der Waals surface area contributed by atoms with Crippen LogP contribution in [0.3, 0.4) is 0 Å². The number of halogens is 1. The van der Waals surface area contributed by atoms with Crippen molar-refractivity contribution in [2.45, 2.75) is 45.3 Å². The zero-order valence-corrected chi connectivity index (χ0v) is 17.2. The van der Waals surface area contributed by atoms with Crippen molar-refractivity contribution in [3.8, 4) is 0 Å². The van der Waals surface area contributed by atoms with Crippen LogP contribution in [0.15, 0.2) is 36.7 Å². The summed E-state index contributed by atoms with van der Waals surface area (Å²) in [7, 11) is 0. The van der Waals surface area contributed by atoms with Gasteiger partial charge in [-0.05, 0) is 32.8 Å². The molecule has 1 saturated heterocycles. The first-order valence-corrected chi connectivity index (χ1v) is 10.3. The van der Waals surface area contributed by atoms with Crippen molar-refractivity contribution in [1.29, 1.82) is 0 Å². The number of hydrogen-bond acceptors (Lipinski definition) is 5. The van der Waals surface area contributed by atoms with Crippen LogP contribution in [-0.2, 0) is 11.2 Å². The summed E-state index contributed by atoms with van der Waals surface area (Å²) < 4.78 is 8.16. The third-order valence-electron chi connectivity index (χ3n) is 5.55. The van der Waals surface area contributed by atoms with Gasteiger partial charge in [-0.2, -0.15) is 0 Å². The molecule has 0 unspecified atom stereocenters. The Hall–Kier alpha value is -2.57. The smallest absolute Gasteiger partial charge is 0.157 e. The van der Waals surface area contributed by atoms with E-state index in [1.165, 1.54) is 0 Å². The van der Waals surface area contributed by atoms with Gasteiger partial charge in [0.25, 0.3) is 0 Å². The highest BCUT2D eigenvalue weighted by atomic mass is 35.5. The van der Waals surface area contributed by atoms with E-state index in [-0.39, 0.29) is 6.10 Å². The second-order valence-corrected chi connectivity index (χ2v) is 8.06. The molecule has 29 heavy (non-hydrogen) atoms. The van der Waals surface area contributed by atoms with Gasteiger partial charge >= 0.3 is 0 Å². The van der Waals surface area contributed by atoms with Gasteiger partial charge < -0.3 is 9.30 Å². The molecule has 7 heteroatoms. The molecule has 6 nitrogen and oxygen atoms in total. The molecule has 1 aliphatic heterocycles. The van der Waals surface area contributed by atoms with Crippen molar-refractivity contribution in [3.05, 3.63) is 59.0 Å². The SMILES string of the molecule is Cc1cnc(Cc2nc3c(Cl)nc4ccccc4c3n2[C@@H]2CCO[C@H](C)C2)cn1. The van der Waals surface area contributed by atoms with Gasteiger partial charge in [-0.15, -0.1) is 0 Å². The van der Waals surface area contributed by atoms with Crippen molar-refractivity contribution < 1.29 is 4.74 Å². The van der Waals surface area contributed by atoms with Gasteiger partial charge in [-0.1, -0.05) is 29.8 Å². The van der Waals surface area contributed by atoms with Crippen LogP contribution < -0.4 is 0 Å². The molecule has 0 radical (unpaired) electrons. The Morgan fingerprint density at radius 2 is 2.03 bits per heavy atom. The summed E-state index contributed by atoms with van der Waals surface area (Å²) in [4.78, 5) is 18.4. The molecule has 4 heterocycles. The number of fused-ring (bicyclic) bond motifs is 3. The van der Waals surface area contributed by atoms with E-state index in [0.717, 1.165) is 58.6 Å². The van der Waals surface area contributed by atoms with Crippen LogP contribution in [0, 0.1) is 6.92 Å². The first-order chi connectivity index (χ1) is 14.1. The summed E-state index contributed by atoms with van der Waals surface area (Å²) in [6, 6.07) is 8.40. The summed E-state index contributed by atoms with van der Waals surface area (Å²) in [6.45, 7) is 4.81. The minimum Gasteiger partial charge on any atom is -0.378 e. The minimum atomic E-state index is 0.210. The predicted octanol–water partition coefficient (Wildman–Crippen LogP) is 4.67. The standard InChI is InChI=1S/C22H22ClN5O/c1-13-11-25-15(12-24-13)10-19-27-20-21(28(19)16-7-8-29-14(2)9-16)17-5-3-4-6-18(17)26-22(20)23/h3-6,11-12,14,16H,7-10H2,1-2H3/t14-,16-/m1/s1. The van der Waals surface area contributed by atoms with E-state index in [4.69, 9.17) is 21.3 Å². The van der Waals surface area contributed by atoms with Crippen LogP contribution in [0.2, 0.25) is 5.15 Å². The maximum atomic E-state index is 6.57. The average Bonchev–Trinajstić information content (AvgIpc) is 3.10. The molecule has 0 aliphatic carbocycles. The Balaban J connectivity index is 1.74. The summed E-state index contributed by atoms with van der Waals surface area (Å²) in [5.74, 6) is 0.942. The lowest BCUT2D eigenvalue weighted by Crippen LogP contribution is -2.26. The lowest BCUT2D eigenvalue weighted by atomic mass is 10.0. The Morgan fingerprint density at radius 3 is 2.83 bits per heavy atom. The number of rotatable bonds is 3. The largest absolute Gasteiger partial charge is 0.378 e. The number of aromatic nitrogens is 5. The molecule has 0 saturated carbocycles. The average molecular weight is 408 g/mol. The number of aryl methyl sites for hydroxylation is 1. The molecule has 3 aromatic heterocycles. The Morgan fingerprint density at radius 1 is 1.17 bits per heavy atom. The highest BCUT2D eigenvalue weighted by Crippen LogP contribution is 2.36. The molecular formula is C22H22ClN5O. The van der Waals surface area contributed by atoms with Crippen molar-refractivity contribution >= 4 is 33.5 Å². The molecule has 0 bridgehead atoms. The molecule has 0 N–H and O–H groups in total. The van der Waals surface area contributed by atoms with Crippen LogP contribution in [-0.4, -0.2) is 37.2 Å². The van der Waals surface area contributed by atoms with Gasteiger partial charge in [0.2, 0.25) is 0 Å². The first kappa shape index (κ1) is 18.5. The summed E-state index contributed by atoms with van der Waals surface area (Å²) in [5, 5.41) is 1.51. The van der Waals surface area contributed by atoms with Gasteiger partial charge in [0, 0.05) is 36.8 Å². The van der Waals surface area contributed by atoms with Crippen LogP contribution in [0.4, 0.5) is 0 Å². The highest BCUT2D eigenvalue weighted by Gasteiger charge is 2.27. The second kappa shape index (κ2) is 7.35. The Labute approximate surface area is 173 Å². The molecule has 0 spiro atoms. The number of imidazole rings is 1. The van der Waals surface area contributed by atoms with Crippen molar-refractivity contribution in [2.24, 2.45) is 0 Å². The number of nitrogens with zero attached hydrogens (tertiary/aromatic N) is 5.